The number of ether oxygens (including phenoxy) is 2. The van der Waals surface area contributed by atoms with E-state index in [2.05, 4.69) is 10.1 Å². The average Bonchev–Trinajstić information content (AvgIpc) is 3.09. The molecular formula is C16H18FN3O3. The summed E-state index contributed by atoms with van der Waals surface area (Å²) in [6.45, 7) is 2.77. The highest BCUT2D eigenvalue weighted by molar-refractivity contribution is 5.73. The molecular weight excluding hydrogens is 301 g/mol. The molecule has 1 atom stereocenters. The van der Waals surface area contributed by atoms with Crippen molar-refractivity contribution in [3.8, 4) is 5.69 Å². The Morgan fingerprint density at radius 3 is 2.91 bits per heavy atom. The van der Waals surface area contributed by atoms with Crippen molar-refractivity contribution < 1.29 is 18.7 Å². The van der Waals surface area contributed by atoms with Gasteiger partial charge in [-0.05, 0) is 31.9 Å². The van der Waals surface area contributed by atoms with Crippen LogP contribution in [0.1, 0.15) is 31.4 Å². The Balaban J connectivity index is 1.81. The van der Waals surface area contributed by atoms with Crippen LogP contribution in [-0.4, -0.2) is 33.9 Å². The van der Waals surface area contributed by atoms with Crippen molar-refractivity contribution in [1.29, 1.82) is 0 Å². The number of rotatable bonds is 4. The van der Waals surface area contributed by atoms with Gasteiger partial charge in [0.15, 0.2) is 0 Å². The number of nitrogens with zero attached hydrogens (tertiary/aromatic N) is 3. The fraction of sp³-hybridized carbons (Fsp3) is 0.438. The molecule has 0 spiro atoms. The lowest BCUT2D eigenvalue weighted by atomic mass is 10.0. The number of carbonyl (C=O) groups excluding carboxylic acids is 1. The molecule has 1 aromatic heterocycles. The van der Waals surface area contributed by atoms with Crippen LogP contribution >= 0.6 is 0 Å². The quantitative estimate of drug-likeness (QED) is 0.810. The minimum Gasteiger partial charge on any atom is -0.457 e. The first-order chi connectivity index (χ1) is 11.2. The number of benzene rings is 1. The van der Waals surface area contributed by atoms with E-state index < -0.39 is 11.9 Å². The van der Waals surface area contributed by atoms with Crippen molar-refractivity contribution >= 4 is 5.97 Å². The van der Waals surface area contributed by atoms with Gasteiger partial charge in [0.2, 0.25) is 0 Å². The Bertz CT molecular complexity index is 669. The van der Waals surface area contributed by atoms with Gasteiger partial charge < -0.3 is 9.47 Å². The first kappa shape index (κ1) is 15.6. The van der Waals surface area contributed by atoms with Crippen LogP contribution in [0.25, 0.3) is 5.69 Å². The Labute approximate surface area is 133 Å². The van der Waals surface area contributed by atoms with Crippen molar-refractivity contribution in [2.75, 3.05) is 13.2 Å². The summed E-state index contributed by atoms with van der Waals surface area (Å²) >= 11 is 0. The first-order valence-electron chi connectivity index (χ1n) is 7.58. The van der Waals surface area contributed by atoms with Crippen LogP contribution in [0.5, 0.6) is 0 Å². The largest absolute Gasteiger partial charge is 0.457 e. The smallest absolute Gasteiger partial charge is 0.309 e. The number of carbonyl (C=O) groups is 1. The normalized spacial score (nSPS) is 17.0. The summed E-state index contributed by atoms with van der Waals surface area (Å²) < 4.78 is 26.5. The molecule has 3 rings (SSSR count). The van der Waals surface area contributed by atoms with Crippen molar-refractivity contribution in [3.05, 3.63) is 42.2 Å². The second-order valence-electron chi connectivity index (χ2n) is 5.48. The minimum atomic E-state index is -0.717. The second-order valence-corrected chi connectivity index (χ2v) is 5.48. The zero-order chi connectivity index (χ0) is 16.2. The van der Waals surface area contributed by atoms with Crippen molar-refractivity contribution in [2.45, 2.75) is 25.9 Å². The summed E-state index contributed by atoms with van der Waals surface area (Å²) in [5.41, 5.74) is 0.799. The molecule has 2 aromatic rings. The maximum Gasteiger partial charge on any atom is 0.309 e. The van der Waals surface area contributed by atoms with E-state index in [9.17, 15) is 9.18 Å². The van der Waals surface area contributed by atoms with Crippen LogP contribution < -0.4 is 0 Å². The monoisotopic (exact) mass is 319 g/mol. The number of aromatic nitrogens is 3. The van der Waals surface area contributed by atoms with Gasteiger partial charge in [0.1, 0.15) is 24.6 Å². The van der Waals surface area contributed by atoms with Gasteiger partial charge >= 0.3 is 5.97 Å². The standard InChI is InChI=1S/C16H18FN3O3/c1-11(23-16(21)12-5-7-22-8-6-12)15-13(17)3-2-4-14(15)20-10-18-9-19-20/h2-4,9-12H,5-8H2,1H3. The molecule has 1 aliphatic rings. The first-order valence-corrected chi connectivity index (χ1v) is 7.58. The van der Waals surface area contributed by atoms with Gasteiger partial charge in [-0.15, -0.1) is 0 Å². The van der Waals surface area contributed by atoms with Gasteiger partial charge in [-0.3, -0.25) is 4.79 Å². The highest BCUT2D eigenvalue weighted by Gasteiger charge is 2.27. The molecule has 0 saturated carbocycles. The van der Waals surface area contributed by atoms with E-state index in [1.807, 2.05) is 0 Å². The Morgan fingerprint density at radius 1 is 1.43 bits per heavy atom. The number of hydrogen-bond donors (Lipinski definition) is 0. The van der Waals surface area contributed by atoms with E-state index in [4.69, 9.17) is 9.47 Å². The molecule has 1 unspecified atom stereocenters. The summed E-state index contributed by atoms with van der Waals surface area (Å²) in [5.74, 6) is -0.938. The zero-order valence-corrected chi connectivity index (χ0v) is 12.8. The summed E-state index contributed by atoms with van der Waals surface area (Å²) in [7, 11) is 0. The maximum atomic E-state index is 14.3. The molecule has 1 saturated heterocycles. The molecule has 1 fully saturated rings. The number of halogens is 1. The van der Waals surface area contributed by atoms with E-state index in [1.54, 1.807) is 19.1 Å². The molecule has 122 valence electrons. The zero-order valence-electron chi connectivity index (χ0n) is 12.8. The second kappa shape index (κ2) is 6.87. The average molecular weight is 319 g/mol. The summed E-state index contributed by atoms with van der Waals surface area (Å²) in [6, 6.07) is 4.64. The molecule has 23 heavy (non-hydrogen) atoms. The third kappa shape index (κ3) is 3.39. The Morgan fingerprint density at radius 2 is 2.22 bits per heavy atom. The lowest BCUT2D eigenvalue weighted by molar-refractivity contribution is -0.156. The molecule has 6 nitrogen and oxygen atoms in total. The fourth-order valence-electron chi connectivity index (χ4n) is 2.72. The predicted molar refractivity (Wildman–Crippen MR) is 79.4 cm³/mol. The highest BCUT2D eigenvalue weighted by atomic mass is 19.1. The van der Waals surface area contributed by atoms with Crippen LogP contribution in [0.3, 0.4) is 0 Å². The summed E-state index contributed by atoms with van der Waals surface area (Å²) in [5, 5.41) is 4.02. The van der Waals surface area contributed by atoms with Gasteiger partial charge in [-0.25, -0.2) is 14.1 Å². The van der Waals surface area contributed by atoms with E-state index in [-0.39, 0.29) is 11.9 Å². The van der Waals surface area contributed by atoms with Crippen LogP contribution in [-0.2, 0) is 14.3 Å². The van der Waals surface area contributed by atoms with Crippen LogP contribution in [0.4, 0.5) is 4.39 Å². The SMILES string of the molecule is CC(OC(=O)C1CCOCC1)c1c(F)cccc1-n1cncn1. The van der Waals surface area contributed by atoms with E-state index >= 15 is 0 Å². The van der Waals surface area contributed by atoms with Crippen molar-refractivity contribution in [2.24, 2.45) is 5.92 Å². The van der Waals surface area contributed by atoms with E-state index in [0.29, 0.717) is 37.3 Å². The fourth-order valence-corrected chi connectivity index (χ4v) is 2.72. The number of hydrogen-bond acceptors (Lipinski definition) is 5. The lowest BCUT2D eigenvalue weighted by Gasteiger charge is -2.24. The highest BCUT2D eigenvalue weighted by Crippen LogP contribution is 2.28. The van der Waals surface area contributed by atoms with Gasteiger partial charge in [0, 0.05) is 13.2 Å². The van der Waals surface area contributed by atoms with Crippen molar-refractivity contribution in [1.82, 2.24) is 14.8 Å². The molecule has 0 N–H and O–H groups in total. The van der Waals surface area contributed by atoms with E-state index in [1.165, 1.54) is 23.4 Å². The molecule has 0 radical (unpaired) electrons. The summed E-state index contributed by atoms with van der Waals surface area (Å²) in [6.07, 6.45) is 3.40. The van der Waals surface area contributed by atoms with Crippen LogP contribution in [0, 0.1) is 11.7 Å². The van der Waals surface area contributed by atoms with Crippen LogP contribution in [0.15, 0.2) is 30.9 Å². The maximum absolute atomic E-state index is 14.3. The number of esters is 1. The molecule has 0 amide bonds. The molecule has 0 aliphatic carbocycles. The van der Waals surface area contributed by atoms with Gasteiger partial charge in [0.25, 0.3) is 0 Å². The van der Waals surface area contributed by atoms with Gasteiger partial charge in [-0.1, -0.05) is 6.07 Å². The third-order valence-electron chi connectivity index (χ3n) is 3.95. The summed E-state index contributed by atoms with van der Waals surface area (Å²) in [4.78, 5) is 16.1. The Hall–Kier alpha value is -2.28. The topological polar surface area (TPSA) is 66.2 Å². The Kier molecular flexibility index (Phi) is 4.66. The van der Waals surface area contributed by atoms with Gasteiger partial charge in [-0.2, -0.15) is 5.10 Å². The molecule has 7 heteroatoms. The third-order valence-corrected chi connectivity index (χ3v) is 3.95. The predicted octanol–water partition coefficient (Wildman–Crippen LogP) is 2.44. The molecule has 0 bridgehead atoms. The van der Waals surface area contributed by atoms with Crippen LogP contribution in [0.2, 0.25) is 0 Å². The van der Waals surface area contributed by atoms with Crippen molar-refractivity contribution in [3.63, 3.8) is 0 Å². The van der Waals surface area contributed by atoms with Gasteiger partial charge in [0.05, 0.1) is 17.2 Å². The molecule has 2 heterocycles. The molecule has 1 aromatic carbocycles. The molecule has 1 aliphatic heterocycles. The lowest BCUT2D eigenvalue weighted by Crippen LogP contribution is -2.26. The minimum absolute atomic E-state index is 0.187. The van der Waals surface area contributed by atoms with E-state index in [0.717, 1.165) is 0 Å².